The highest BCUT2D eigenvalue weighted by molar-refractivity contribution is 9.10. The number of aromatic nitrogens is 1. The van der Waals surface area contributed by atoms with Crippen LogP contribution in [0.25, 0.3) is 0 Å². The fraction of sp³-hybridized carbons (Fsp3) is 0.615. The SMILES string of the molecule is Cn1cc(Br)cc1C(=O)NCC(O)C1CCCC1. The minimum absolute atomic E-state index is 0.139. The molecule has 0 radical (unpaired) electrons. The van der Waals surface area contributed by atoms with Crippen molar-refractivity contribution in [3.63, 3.8) is 0 Å². The van der Waals surface area contributed by atoms with E-state index in [2.05, 4.69) is 21.2 Å². The summed E-state index contributed by atoms with van der Waals surface area (Å²) < 4.78 is 2.65. The number of nitrogens with one attached hydrogen (secondary N) is 1. The van der Waals surface area contributed by atoms with Crippen molar-refractivity contribution in [3.8, 4) is 0 Å². The molecule has 1 unspecified atom stereocenters. The summed E-state index contributed by atoms with van der Waals surface area (Å²) in [4.78, 5) is 11.9. The van der Waals surface area contributed by atoms with Crippen LogP contribution in [0.15, 0.2) is 16.7 Å². The second-order valence-corrected chi connectivity index (χ2v) is 5.89. The van der Waals surface area contributed by atoms with Crippen molar-refractivity contribution in [1.82, 2.24) is 9.88 Å². The Labute approximate surface area is 116 Å². The summed E-state index contributed by atoms with van der Waals surface area (Å²) >= 11 is 3.33. The van der Waals surface area contributed by atoms with Crippen LogP contribution in [0, 0.1) is 5.92 Å². The van der Waals surface area contributed by atoms with Crippen molar-refractivity contribution < 1.29 is 9.90 Å². The minimum Gasteiger partial charge on any atom is -0.391 e. The first kappa shape index (κ1) is 13.6. The van der Waals surface area contributed by atoms with E-state index in [-0.39, 0.29) is 5.91 Å². The highest BCUT2D eigenvalue weighted by Crippen LogP contribution is 2.27. The normalized spacial score (nSPS) is 17.9. The van der Waals surface area contributed by atoms with E-state index >= 15 is 0 Å². The first-order valence-electron chi connectivity index (χ1n) is 6.36. The van der Waals surface area contributed by atoms with Crippen LogP contribution in [0.5, 0.6) is 0 Å². The summed E-state index contributed by atoms with van der Waals surface area (Å²) in [5.41, 5.74) is 0.598. The number of carbonyl (C=O) groups is 1. The molecule has 0 spiro atoms. The van der Waals surface area contributed by atoms with Crippen LogP contribution < -0.4 is 5.32 Å². The first-order chi connectivity index (χ1) is 8.58. The Balaban J connectivity index is 1.86. The second-order valence-electron chi connectivity index (χ2n) is 4.98. The molecule has 1 amide bonds. The van der Waals surface area contributed by atoms with E-state index in [1.54, 1.807) is 10.6 Å². The lowest BCUT2D eigenvalue weighted by Crippen LogP contribution is -2.36. The third kappa shape index (κ3) is 3.14. The maximum absolute atomic E-state index is 11.9. The lowest BCUT2D eigenvalue weighted by atomic mass is 10.0. The van der Waals surface area contributed by atoms with Crippen LogP contribution in [-0.4, -0.2) is 28.2 Å². The third-order valence-electron chi connectivity index (χ3n) is 3.62. The number of nitrogens with zero attached hydrogens (tertiary/aromatic N) is 1. The van der Waals surface area contributed by atoms with Crippen LogP contribution in [0.4, 0.5) is 0 Å². The van der Waals surface area contributed by atoms with Crippen LogP contribution in [0.1, 0.15) is 36.2 Å². The van der Waals surface area contributed by atoms with Crippen molar-refractivity contribution in [2.45, 2.75) is 31.8 Å². The Kier molecular flexibility index (Phi) is 4.45. The number of aliphatic hydroxyl groups excluding tert-OH is 1. The van der Waals surface area contributed by atoms with Crippen LogP contribution in [0.2, 0.25) is 0 Å². The average Bonchev–Trinajstić information content (AvgIpc) is 2.95. The summed E-state index contributed by atoms with van der Waals surface area (Å²) in [6, 6.07) is 1.78. The maximum Gasteiger partial charge on any atom is 0.268 e. The largest absolute Gasteiger partial charge is 0.391 e. The van der Waals surface area contributed by atoms with E-state index in [0.717, 1.165) is 17.3 Å². The maximum atomic E-state index is 11.9. The molecule has 0 aliphatic heterocycles. The quantitative estimate of drug-likeness (QED) is 0.894. The Morgan fingerprint density at radius 3 is 2.83 bits per heavy atom. The Morgan fingerprint density at radius 1 is 1.61 bits per heavy atom. The number of rotatable bonds is 4. The fourth-order valence-electron chi connectivity index (χ4n) is 2.55. The van der Waals surface area contributed by atoms with Gasteiger partial charge in [-0.15, -0.1) is 0 Å². The van der Waals surface area contributed by atoms with Crippen molar-refractivity contribution in [1.29, 1.82) is 0 Å². The fourth-order valence-corrected chi connectivity index (χ4v) is 3.07. The highest BCUT2D eigenvalue weighted by Gasteiger charge is 2.23. The van der Waals surface area contributed by atoms with Gasteiger partial charge in [0, 0.05) is 24.3 Å². The molecule has 1 aromatic rings. The summed E-state index contributed by atoms with van der Waals surface area (Å²) in [5, 5.41) is 12.8. The molecule has 1 atom stereocenters. The standard InChI is InChI=1S/C13H19BrN2O2/c1-16-8-10(14)6-11(16)13(18)15-7-12(17)9-4-2-3-5-9/h6,8-9,12,17H,2-5,7H2,1H3,(H,15,18). The van der Waals surface area contributed by atoms with Gasteiger partial charge in [0.05, 0.1) is 6.10 Å². The predicted octanol–water partition coefficient (Wildman–Crippen LogP) is 2.07. The van der Waals surface area contributed by atoms with Crippen molar-refractivity contribution in [2.75, 3.05) is 6.54 Å². The molecule has 0 saturated heterocycles. The van der Waals surface area contributed by atoms with Gasteiger partial charge in [0.15, 0.2) is 0 Å². The molecule has 1 aromatic heterocycles. The van der Waals surface area contributed by atoms with Gasteiger partial charge >= 0.3 is 0 Å². The van der Waals surface area contributed by atoms with Crippen LogP contribution >= 0.6 is 15.9 Å². The number of hydrogen-bond acceptors (Lipinski definition) is 2. The molecular weight excluding hydrogens is 296 g/mol. The molecule has 18 heavy (non-hydrogen) atoms. The first-order valence-corrected chi connectivity index (χ1v) is 7.15. The molecule has 0 bridgehead atoms. The summed E-state index contributed by atoms with van der Waals surface area (Å²) in [6.07, 6.45) is 5.96. The monoisotopic (exact) mass is 314 g/mol. The Hall–Kier alpha value is -0.810. The molecule has 0 aromatic carbocycles. The number of aryl methyl sites for hydroxylation is 1. The molecule has 1 aliphatic carbocycles. The zero-order valence-electron chi connectivity index (χ0n) is 10.5. The van der Waals surface area contributed by atoms with Crippen molar-refractivity contribution in [2.24, 2.45) is 13.0 Å². The summed E-state index contributed by atoms with van der Waals surface area (Å²) in [7, 11) is 1.83. The molecular formula is C13H19BrN2O2. The van der Waals surface area contributed by atoms with Gasteiger partial charge in [-0.3, -0.25) is 4.79 Å². The number of aliphatic hydroxyl groups is 1. The third-order valence-corrected chi connectivity index (χ3v) is 4.05. The summed E-state index contributed by atoms with van der Waals surface area (Å²) in [6.45, 7) is 0.340. The molecule has 4 nitrogen and oxygen atoms in total. The number of amides is 1. The molecule has 100 valence electrons. The van der Waals surface area contributed by atoms with E-state index in [0.29, 0.717) is 18.2 Å². The lowest BCUT2D eigenvalue weighted by Gasteiger charge is -2.18. The van der Waals surface area contributed by atoms with Gasteiger partial charge in [0.25, 0.3) is 5.91 Å². The van der Waals surface area contributed by atoms with Gasteiger partial charge in [-0.25, -0.2) is 0 Å². The molecule has 1 saturated carbocycles. The van der Waals surface area contributed by atoms with E-state index in [4.69, 9.17) is 0 Å². The molecule has 2 rings (SSSR count). The second kappa shape index (κ2) is 5.89. The number of halogens is 1. The average molecular weight is 315 g/mol. The molecule has 1 fully saturated rings. The van der Waals surface area contributed by atoms with Gasteiger partial charge < -0.3 is 15.0 Å². The predicted molar refractivity (Wildman–Crippen MR) is 73.4 cm³/mol. The van der Waals surface area contributed by atoms with Crippen molar-refractivity contribution in [3.05, 3.63) is 22.4 Å². The summed E-state index contributed by atoms with van der Waals surface area (Å²) in [5.74, 6) is 0.214. The van der Waals surface area contributed by atoms with Crippen LogP contribution in [0.3, 0.4) is 0 Å². The van der Waals surface area contributed by atoms with E-state index in [1.807, 2.05) is 13.2 Å². The molecule has 1 aliphatic rings. The Morgan fingerprint density at radius 2 is 2.28 bits per heavy atom. The van der Waals surface area contributed by atoms with Crippen LogP contribution in [-0.2, 0) is 7.05 Å². The van der Waals surface area contributed by atoms with E-state index in [9.17, 15) is 9.90 Å². The van der Waals surface area contributed by atoms with Crippen molar-refractivity contribution >= 4 is 21.8 Å². The number of hydrogen-bond donors (Lipinski definition) is 2. The Bertz CT molecular complexity index is 425. The van der Waals surface area contributed by atoms with E-state index < -0.39 is 6.10 Å². The number of carbonyl (C=O) groups excluding carboxylic acids is 1. The molecule has 5 heteroatoms. The minimum atomic E-state index is -0.417. The highest BCUT2D eigenvalue weighted by atomic mass is 79.9. The van der Waals surface area contributed by atoms with Gasteiger partial charge in [-0.05, 0) is 40.8 Å². The molecule has 2 N–H and O–H groups in total. The van der Waals surface area contributed by atoms with Gasteiger partial charge in [-0.1, -0.05) is 12.8 Å². The van der Waals surface area contributed by atoms with E-state index in [1.165, 1.54) is 12.8 Å². The smallest absolute Gasteiger partial charge is 0.268 e. The molecule has 1 heterocycles. The lowest BCUT2D eigenvalue weighted by molar-refractivity contribution is 0.0834. The zero-order valence-corrected chi connectivity index (χ0v) is 12.1. The zero-order chi connectivity index (χ0) is 13.1. The van der Waals surface area contributed by atoms with Gasteiger partial charge in [0.1, 0.15) is 5.69 Å². The van der Waals surface area contributed by atoms with Gasteiger partial charge in [0.2, 0.25) is 0 Å². The van der Waals surface area contributed by atoms with Gasteiger partial charge in [-0.2, -0.15) is 0 Å². The topological polar surface area (TPSA) is 54.3 Å².